The SMILES string of the molecule is C#CCCCCNC(=O)Nc1ccc(O[C@H]2OC(CN3CC(=O)NS3=O)[C@@H](O)C(O)C2O)cc1. The summed E-state index contributed by atoms with van der Waals surface area (Å²) >= 11 is -1.78. The monoisotopic (exact) mass is 496 g/mol. The summed E-state index contributed by atoms with van der Waals surface area (Å²) in [6.07, 6.45) is 0.391. The van der Waals surface area contributed by atoms with Gasteiger partial charge in [0, 0.05) is 25.2 Å². The average Bonchev–Trinajstić information content (AvgIpc) is 3.13. The number of ether oxygens (including phenoxy) is 2. The van der Waals surface area contributed by atoms with E-state index in [4.69, 9.17) is 15.9 Å². The molecule has 0 bridgehead atoms. The number of unbranched alkanes of at least 4 members (excludes halogenated alkanes) is 2. The molecular formula is C21H28N4O8S. The number of amides is 3. The number of terminal acetylenes is 1. The molecule has 12 nitrogen and oxygen atoms in total. The molecule has 2 aliphatic heterocycles. The van der Waals surface area contributed by atoms with Gasteiger partial charge in [-0.1, -0.05) is 0 Å². The van der Waals surface area contributed by atoms with Crippen molar-refractivity contribution in [1.82, 2.24) is 14.3 Å². The quantitative estimate of drug-likeness (QED) is 0.183. The normalized spacial score (nSPS) is 29.2. The van der Waals surface area contributed by atoms with Gasteiger partial charge in [0.15, 0.2) is 11.2 Å². The number of aliphatic hydroxyl groups is 3. The lowest BCUT2D eigenvalue weighted by atomic mass is 9.99. The van der Waals surface area contributed by atoms with E-state index >= 15 is 0 Å². The number of nitrogens with zero attached hydrogens (tertiary/aromatic N) is 1. The first-order valence-corrected chi connectivity index (χ1v) is 11.8. The molecule has 6 N–H and O–H groups in total. The highest BCUT2D eigenvalue weighted by Gasteiger charge is 2.46. The van der Waals surface area contributed by atoms with Gasteiger partial charge < -0.3 is 35.4 Å². The molecule has 4 unspecified atom stereocenters. The highest BCUT2D eigenvalue weighted by atomic mass is 32.2. The number of hydrogen-bond acceptors (Lipinski definition) is 8. The molecule has 1 aromatic carbocycles. The van der Waals surface area contributed by atoms with Crippen molar-refractivity contribution in [3.8, 4) is 18.1 Å². The number of benzene rings is 1. The summed E-state index contributed by atoms with van der Waals surface area (Å²) in [7, 11) is 0. The molecule has 2 saturated heterocycles. The number of carbonyl (C=O) groups excluding carboxylic acids is 2. The maximum Gasteiger partial charge on any atom is 0.319 e. The molecule has 3 rings (SSSR count). The van der Waals surface area contributed by atoms with Crippen molar-refractivity contribution in [1.29, 1.82) is 0 Å². The molecule has 13 heteroatoms. The predicted molar refractivity (Wildman–Crippen MR) is 121 cm³/mol. The Bertz CT molecular complexity index is 924. The Morgan fingerprint density at radius 1 is 1.24 bits per heavy atom. The maximum absolute atomic E-state index is 11.9. The third-order valence-corrected chi connectivity index (χ3v) is 6.36. The Kier molecular flexibility index (Phi) is 9.22. The van der Waals surface area contributed by atoms with Crippen molar-refractivity contribution in [2.45, 2.75) is 50.0 Å². The van der Waals surface area contributed by atoms with Gasteiger partial charge in [0.25, 0.3) is 0 Å². The predicted octanol–water partition coefficient (Wildman–Crippen LogP) is -1.19. The van der Waals surface area contributed by atoms with E-state index in [1.54, 1.807) is 12.1 Å². The van der Waals surface area contributed by atoms with Gasteiger partial charge in [0.2, 0.25) is 12.2 Å². The molecule has 0 saturated carbocycles. The van der Waals surface area contributed by atoms with E-state index in [2.05, 4.69) is 21.3 Å². The molecule has 186 valence electrons. The highest BCUT2D eigenvalue weighted by Crippen LogP contribution is 2.26. The number of anilines is 1. The van der Waals surface area contributed by atoms with Gasteiger partial charge in [0.1, 0.15) is 30.2 Å². The van der Waals surface area contributed by atoms with Gasteiger partial charge in [-0.05, 0) is 37.1 Å². The minimum absolute atomic E-state index is 0.142. The second kappa shape index (κ2) is 12.1. The van der Waals surface area contributed by atoms with Crippen LogP contribution in [0.3, 0.4) is 0 Å². The van der Waals surface area contributed by atoms with Crippen molar-refractivity contribution in [2.24, 2.45) is 0 Å². The van der Waals surface area contributed by atoms with Crippen molar-refractivity contribution < 1.29 is 38.6 Å². The van der Waals surface area contributed by atoms with Gasteiger partial charge in [-0.15, -0.1) is 12.3 Å². The third kappa shape index (κ3) is 6.89. The smallest absolute Gasteiger partial charge is 0.319 e. The zero-order valence-electron chi connectivity index (χ0n) is 18.3. The fourth-order valence-electron chi connectivity index (χ4n) is 3.39. The fraction of sp³-hybridized carbons (Fsp3) is 0.524. The summed E-state index contributed by atoms with van der Waals surface area (Å²) in [4.78, 5) is 23.3. The Labute approximate surface area is 199 Å². The lowest BCUT2D eigenvalue weighted by Crippen LogP contribution is -2.61. The van der Waals surface area contributed by atoms with Crippen LogP contribution >= 0.6 is 0 Å². The summed E-state index contributed by atoms with van der Waals surface area (Å²) < 4.78 is 26.6. The van der Waals surface area contributed by atoms with Crippen LogP contribution < -0.4 is 20.1 Å². The summed E-state index contributed by atoms with van der Waals surface area (Å²) in [6.45, 7) is 0.198. The van der Waals surface area contributed by atoms with E-state index in [-0.39, 0.29) is 24.9 Å². The summed E-state index contributed by atoms with van der Waals surface area (Å²) in [5.74, 6) is 2.37. The van der Waals surface area contributed by atoms with Crippen LogP contribution in [0.5, 0.6) is 5.75 Å². The number of nitrogens with one attached hydrogen (secondary N) is 3. The summed E-state index contributed by atoms with van der Waals surface area (Å²) in [5.41, 5.74) is 0.501. The first-order valence-electron chi connectivity index (χ1n) is 10.7. The molecule has 3 amide bonds. The minimum Gasteiger partial charge on any atom is -0.462 e. The zero-order valence-corrected chi connectivity index (χ0v) is 19.1. The van der Waals surface area contributed by atoms with Gasteiger partial charge in [-0.25, -0.2) is 9.00 Å². The first-order chi connectivity index (χ1) is 16.3. The van der Waals surface area contributed by atoms with E-state index in [1.807, 2.05) is 0 Å². The van der Waals surface area contributed by atoms with Crippen molar-refractivity contribution in [3.63, 3.8) is 0 Å². The van der Waals surface area contributed by atoms with Crippen molar-refractivity contribution in [2.75, 3.05) is 25.0 Å². The Hall–Kier alpha value is -2.73. The number of aliphatic hydroxyl groups excluding tert-OH is 3. The van der Waals surface area contributed by atoms with Crippen molar-refractivity contribution >= 4 is 28.8 Å². The Morgan fingerprint density at radius 3 is 2.62 bits per heavy atom. The second-order valence-corrected chi connectivity index (χ2v) is 9.01. The molecule has 2 fully saturated rings. The first kappa shape index (κ1) is 25.9. The second-order valence-electron chi connectivity index (χ2n) is 7.80. The number of rotatable bonds is 9. The molecule has 0 radical (unpaired) electrons. The van der Waals surface area contributed by atoms with Crippen LogP contribution in [0.1, 0.15) is 19.3 Å². The van der Waals surface area contributed by atoms with Crippen LogP contribution in [0, 0.1) is 12.3 Å². The summed E-state index contributed by atoms with van der Waals surface area (Å²) in [6, 6.07) is 5.85. The van der Waals surface area contributed by atoms with Crippen LogP contribution in [0.25, 0.3) is 0 Å². The highest BCUT2D eigenvalue weighted by molar-refractivity contribution is 7.81. The van der Waals surface area contributed by atoms with Crippen LogP contribution in [-0.4, -0.2) is 86.1 Å². The number of hydrogen-bond donors (Lipinski definition) is 6. The van der Waals surface area contributed by atoms with E-state index in [0.29, 0.717) is 18.7 Å². The van der Waals surface area contributed by atoms with E-state index < -0.39 is 47.8 Å². The van der Waals surface area contributed by atoms with Gasteiger partial charge in [0.05, 0.1) is 6.54 Å². The molecule has 1 aromatic rings. The van der Waals surface area contributed by atoms with Crippen LogP contribution in [-0.2, 0) is 20.7 Å². The number of carbonyl (C=O) groups is 2. The molecule has 2 aliphatic rings. The third-order valence-electron chi connectivity index (χ3n) is 5.21. The molecule has 0 aromatic heterocycles. The molecule has 6 atom stereocenters. The van der Waals surface area contributed by atoms with Crippen LogP contribution in [0.2, 0.25) is 0 Å². The maximum atomic E-state index is 11.9. The molecule has 0 spiro atoms. The van der Waals surface area contributed by atoms with E-state index in [0.717, 1.165) is 12.8 Å². The minimum atomic E-state index is -1.78. The van der Waals surface area contributed by atoms with Crippen molar-refractivity contribution in [3.05, 3.63) is 24.3 Å². The molecular weight excluding hydrogens is 468 g/mol. The zero-order chi connectivity index (χ0) is 24.7. The van der Waals surface area contributed by atoms with Crippen LogP contribution in [0.15, 0.2) is 24.3 Å². The summed E-state index contributed by atoms with van der Waals surface area (Å²) in [5, 5.41) is 36.1. The lowest BCUT2D eigenvalue weighted by Gasteiger charge is -2.40. The van der Waals surface area contributed by atoms with Crippen LogP contribution in [0.4, 0.5) is 10.5 Å². The largest absolute Gasteiger partial charge is 0.462 e. The average molecular weight is 497 g/mol. The van der Waals surface area contributed by atoms with Gasteiger partial charge in [-0.3, -0.25) is 9.52 Å². The molecule has 34 heavy (non-hydrogen) atoms. The van der Waals surface area contributed by atoms with E-state index in [1.165, 1.54) is 16.4 Å². The molecule has 0 aliphatic carbocycles. The topological polar surface area (TPSA) is 170 Å². The standard InChI is InChI=1S/C21H28N4O8S/c1-2-3-4-5-10-22-21(30)23-13-6-8-14(9-7-13)32-20-19(29)18(28)17(27)15(33-20)11-25-12-16(26)24-34(25)31/h1,6-9,15,17-20,27-29H,3-5,10-12H2,(H,24,26)(H2,22,23,30)/t15?,17-,18?,19?,20+,34?/m1/s1. The molecule has 2 heterocycles. The van der Waals surface area contributed by atoms with Gasteiger partial charge >= 0.3 is 6.03 Å². The Morgan fingerprint density at radius 2 is 1.97 bits per heavy atom. The lowest BCUT2D eigenvalue weighted by molar-refractivity contribution is -0.272. The van der Waals surface area contributed by atoms with Gasteiger partial charge in [-0.2, -0.15) is 4.31 Å². The number of urea groups is 1. The van der Waals surface area contributed by atoms with E-state index in [9.17, 15) is 29.1 Å². The Balaban J connectivity index is 1.53. The fourth-order valence-corrected chi connectivity index (χ4v) is 4.30.